The molecule has 0 spiro atoms. The van der Waals surface area contributed by atoms with Crippen LogP contribution in [0, 0.1) is 27.7 Å². The molecule has 10 rings (SSSR count). The molecule has 0 amide bonds. The maximum Gasteiger partial charge on any atom is 0.0473 e. The van der Waals surface area contributed by atoms with E-state index in [1.807, 2.05) is 23.5 Å². The number of fused-ring (bicyclic) bond motifs is 4. The summed E-state index contributed by atoms with van der Waals surface area (Å²) in [5.41, 5.74) is 17.2. The van der Waals surface area contributed by atoms with Crippen LogP contribution in [-0.2, 0) is 0 Å². The van der Waals surface area contributed by atoms with Crippen molar-refractivity contribution in [2.45, 2.75) is 47.3 Å². The average molecular weight is 731 g/mol. The first-order valence-electron chi connectivity index (χ1n) is 18.5. The number of rotatable bonds is 6. The van der Waals surface area contributed by atoms with Crippen LogP contribution in [0.1, 0.15) is 22.3 Å². The van der Waals surface area contributed by atoms with Crippen molar-refractivity contribution in [2.24, 2.45) is 0 Å². The lowest BCUT2D eigenvalue weighted by molar-refractivity contribution is 1.24. The van der Waals surface area contributed by atoms with Crippen LogP contribution in [0.4, 0.5) is 34.1 Å². The predicted octanol–water partition coefficient (Wildman–Crippen LogP) is 15.3. The smallest absolute Gasteiger partial charge is 0.0473 e. The van der Waals surface area contributed by atoms with Crippen LogP contribution in [0.15, 0.2) is 177 Å². The Labute approximate surface area is 326 Å². The fraction of sp³-hybridized carbons (Fsp3) is 0.0800. The van der Waals surface area contributed by atoms with E-state index in [0.717, 1.165) is 34.1 Å². The fourth-order valence-corrected chi connectivity index (χ4v) is 10.2. The van der Waals surface area contributed by atoms with Crippen molar-refractivity contribution >= 4 is 68.4 Å². The van der Waals surface area contributed by atoms with E-state index in [4.69, 9.17) is 0 Å². The molecular weight excluding hydrogens is 693 g/mol. The number of hydrogen-bond donors (Lipinski definition) is 0. The maximum absolute atomic E-state index is 2.38. The second-order valence-electron chi connectivity index (χ2n) is 14.6. The molecule has 0 radical (unpaired) electrons. The number of nitrogens with zero attached hydrogens (tertiary/aromatic N) is 2. The van der Waals surface area contributed by atoms with Gasteiger partial charge in [-0.05, 0) is 135 Å². The number of benzene rings is 8. The van der Waals surface area contributed by atoms with Gasteiger partial charge in [-0.3, -0.25) is 0 Å². The lowest BCUT2D eigenvalue weighted by Crippen LogP contribution is -2.10. The molecule has 2 nitrogen and oxygen atoms in total. The quantitative estimate of drug-likeness (QED) is 0.168. The molecule has 260 valence electrons. The fourth-order valence-electron chi connectivity index (χ4n) is 7.87. The van der Waals surface area contributed by atoms with Crippen molar-refractivity contribution in [1.29, 1.82) is 0 Å². The summed E-state index contributed by atoms with van der Waals surface area (Å²) in [6.45, 7) is 8.57. The standard InChI is InChI=1S/C50H38N2S2/c1-31-5-13-35(14-6-31)51(36-15-7-32(2)8-16-36)39-21-23-41-43-25-26-44-42-24-22-40(52(37-17-9-33(3)10-18-37)38-19-11-34(4)12-20-38)30-48(42)54-46-28-27-45(49(43)50(44)46)53-47(41)29-39/h5-30H,1-4H3. The van der Waals surface area contributed by atoms with Gasteiger partial charge >= 0.3 is 0 Å². The summed E-state index contributed by atoms with van der Waals surface area (Å²) in [7, 11) is 0. The maximum atomic E-state index is 2.38. The highest BCUT2D eigenvalue weighted by molar-refractivity contribution is 8.00. The molecule has 0 aromatic heterocycles. The van der Waals surface area contributed by atoms with Gasteiger partial charge in [0.2, 0.25) is 0 Å². The Bertz CT molecular complexity index is 2450. The molecule has 2 heterocycles. The molecule has 8 aromatic carbocycles. The van der Waals surface area contributed by atoms with E-state index in [9.17, 15) is 0 Å². The molecule has 0 unspecified atom stereocenters. The Morgan fingerprint density at radius 3 is 0.870 bits per heavy atom. The molecule has 8 aromatic rings. The van der Waals surface area contributed by atoms with Gasteiger partial charge < -0.3 is 9.80 Å². The van der Waals surface area contributed by atoms with E-state index in [1.54, 1.807) is 0 Å². The molecular formula is C50H38N2S2. The van der Waals surface area contributed by atoms with Crippen LogP contribution < -0.4 is 9.80 Å². The topological polar surface area (TPSA) is 6.48 Å². The third kappa shape index (κ3) is 5.60. The highest BCUT2D eigenvalue weighted by Crippen LogP contribution is 2.57. The van der Waals surface area contributed by atoms with E-state index >= 15 is 0 Å². The van der Waals surface area contributed by atoms with Gasteiger partial charge in [-0.25, -0.2) is 0 Å². The number of hydrogen-bond acceptors (Lipinski definition) is 4. The SMILES string of the molecule is Cc1ccc(N(c2ccc(C)cc2)c2ccc3c(c2)Sc2ccc4c5c(ccc-3c25)-c2ccc(N(c3ccc(C)cc3)c3ccc(C)cc3)cc2S4)cc1. The average Bonchev–Trinajstić information content (AvgIpc) is 3.19. The van der Waals surface area contributed by atoms with Crippen molar-refractivity contribution in [2.75, 3.05) is 9.80 Å². The Balaban J connectivity index is 1.06. The number of anilines is 6. The summed E-state index contributed by atoms with van der Waals surface area (Å²) < 4.78 is 0. The first-order chi connectivity index (χ1) is 26.4. The minimum Gasteiger partial charge on any atom is -0.310 e. The van der Waals surface area contributed by atoms with Gasteiger partial charge in [-0.15, -0.1) is 0 Å². The Kier molecular flexibility index (Phi) is 7.94. The first kappa shape index (κ1) is 32.9. The van der Waals surface area contributed by atoms with Crippen molar-refractivity contribution in [3.8, 4) is 22.3 Å². The molecule has 0 saturated heterocycles. The molecule has 2 aliphatic heterocycles. The van der Waals surface area contributed by atoms with Crippen LogP contribution in [0.3, 0.4) is 0 Å². The lowest BCUT2D eigenvalue weighted by Gasteiger charge is -2.30. The largest absolute Gasteiger partial charge is 0.310 e. The van der Waals surface area contributed by atoms with Crippen molar-refractivity contribution in [1.82, 2.24) is 0 Å². The summed E-state index contributed by atoms with van der Waals surface area (Å²) in [5.74, 6) is 0. The molecule has 0 fully saturated rings. The number of aryl methyl sites for hydroxylation is 4. The highest BCUT2D eigenvalue weighted by atomic mass is 32.2. The Morgan fingerprint density at radius 2 is 0.556 bits per heavy atom. The summed E-state index contributed by atoms with van der Waals surface area (Å²) in [6, 6.07) is 58.8. The normalized spacial score (nSPS) is 12.3. The van der Waals surface area contributed by atoms with E-state index in [0.29, 0.717) is 0 Å². The second kappa shape index (κ2) is 13.0. The highest BCUT2D eigenvalue weighted by Gasteiger charge is 2.28. The molecule has 0 N–H and O–H groups in total. The molecule has 54 heavy (non-hydrogen) atoms. The van der Waals surface area contributed by atoms with Gasteiger partial charge in [0.15, 0.2) is 0 Å². The van der Waals surface area contributed by atoms with Crippen LogP contribution in [0.2, 0.25) is 0 Å². The zero-order valence-corrected chi connectivity index (χ0v) is 32.4. The van der Waals surface area contributed by atoms with Gasteiger partial charge in [-0.2, -0.15) is 0 Å². The third-order valence-corrected chi connectivity index (χ3v) is 13.0. The lowest BCUT2D eigenvalue weighted by atomic mass is 9.91. The zero-order chi connectivity index (χ0) is 36.5. The second-order valence-corrected chi connectivity index (χ2v) is 16.7. The Hall–Kier alpha value is -5.68. The van der Waals surface area contributed by atoms with E-state index in [-0.39, 0.29) is 0 Å². The van der Waals surface area contributed by atoms with Gasteiger partial charge in [0.25, 0.3) is 0 Å². The molecule has 0 saturated carbocycles. The van der Waals surface area contributed by atoms with Crippen LogP contribution in [0.25, 0.3) is 33.0 Å². The molecule has 0 aliphatic carbocycles. The molecule has 0 bridgehead atoms. The summed E-state index contributed by atoms with van der Waals surface area (Å²) in [4.78, 5) is 9.95. The Morgan fingerprint density at radius 1 is 0.278 bits per heavy atom. The van der Waals surface area contributed by atoms with E-state index < -0.39 is 0 Å². The molecule has 4 heteroatoms. The van der Waals surface area contributed by atoms with Gasteiger partial charge in [0.05, 0.1) is 0 Å². The molecule has 0 atom stereocenters. The summed E-state index contributed by atoms with van der Waals surface area (Å²) in [6.07, 6.45) is 0. The van der Waals surface area contributed by atoms with Crippen LogP contribution in [0.5, 0.6) is 0 Å². The van der Waals surface area contributed by atoms with Crippen molar-refractivity contribution < 1.29 is 0 Å². The van der Waals surface area contributed by atoms with Crippen LogP contribution in [-0.4, -0.2) is 0 Å². The minimum atomic E-state index is 1.16. The first-order valence-corrected chi connectivity index (χ1v) is 20.1. The van der Waals surface area contributed by atoms with Gasteiger partial charge in [0, 0.05) is 64.5 Å². The van der Waals surface area contributed by atoms with Crippen LogP contribution >= 0.6 is 23.5 Å². The molecule has 2 aliphatic rings. The third-order valence-electron chi connectivity index (χ3n) is 10.7. The zero-order valence-electron chi connectivity index (χ0n) is 30.7. The summed E-state index contributed by atoms with van der Waals surface area (Å²) in [5, 5.41) is 2.74. The van der Waals surface area contributed by atoms with Gasteiger partial charge in [0.1, 0.15) is 0 Å². The van der Waals surface area contributed by atoms with Gasteiger partial charge in [-0.1, -0.05) is 119 Å². The minimum absolute atomic E-state index is 1.16. The van der Waals surface area contributed by atoms with E-state index in [1.165, 1.54) is 74.9 Å². The monoisotopic (exact) mass is 730 g/mol. The van der Waals surface area contributed by atoms with Crippen molar-refractivity contribution in [3.63, 3.8) is 0 Å². The predicted molar refractivity (Wildman–Crippen MR) is 231 cm³/mol. The summed E-state index contributed by atoms with van der Waals surface area (Å²) >= 11 is 3.79. The van der Waals surface area contributed by atoms with E-state index in [2.05, 4.69) is 195 Å². The van der Waals surface area contributed by atoms with Crippen molar-refractivity contribution in [3.05, 3.63) is 180 Å².